The van der Waals surface area contributed by atoms with E-state index in [1.165, 1.54) is 5.56 Å². The van der Waals surface area contributed by atoms with Crippen LogP contribution in [0.5, 0.6) is 0 Å². The van der Waals surface area contributed by atoms with Crippen molar-refractivity contribution in [1.82, 2.24) is 14.8 Å². The third-order valence-corrected chi connectivity index (χ3v) is 7.17. The van der Waals surface area contributed by atoms with Crippen LogP contribution in [0.1, 0.15) is 84.8 Å². The van der Waals surface area contributed by atoms with Gasteiger partial charge in [-0.15, -0.1) is 0 Å². The molecule has 0 radical (unpaired) electrons. The smallest absolute Gasteiger partial charge is 0.236 e. The second kappa shape index (κ2) is 12.5. The third-order valence-electron chi connectivity index (χ3n) is 6.81. The minimum Gasteiger partial charge on any atom is -0.401 e. The fourth-order valence-electron chi connectivity index (χ4n) is 5.15. The number of hydrogen-bond donors (Lipinski definition) is 2. The Morgan fingerprint density at radius 2 is 1.94 bits per heavy atom. The summed E-state index contributed by atoms with van der Waals surface area (Å²) in [6.07, 6.45) is 4.50. The molecule has 1 fully saturated rings. The number of nitrogens with zero attached hydrogens (tertiary/aromatic N) is 3. The zero-order valence-electron chi connectivity index (χ0n) is 23.0. The Hall–Kier alpha value is -1.76. The van der Waals surface area contributed by atoms with Crippen LogP contribution in [-0.2, 0) is 11.3 Å². The van der Waals surface area contributed by atoms with E-state index in [-0.39, 0.29) is 16.7 Å². The lowest BCUT2D eigenvalue weighted by atomic mass is 9.73. The van der Waals surface area contributed by atoms with E-state index in [0.717, 1.165) is 61.7 Å². The van der Waals surface area contributed by atoms with Gasteiger partial charge in [0, 0.05) is 49.6 Å². The Morgan fingerprint density at radius 3 is 2.54 bits per heavy atom. The monoisotopic (exact) mass is 505 g/mol. The van der Waals surface area contributed by atoms with Crippen molar-refractivity contribution >= 4 is 17.5 Å². The molecule has 1 aromatic carbocycles. The number of carbonyl (C=O) groups is 1. The number of benzene rings is 1. The molecule has 0 bridgehead atoms. The molecule has 1 aliphatic heterocycles. The van der Waals surface area contributed by atoms with Crippen LogP contribution in [0.2, 0.25) is 5.02 Å². The predicted molar refractivity (Wildman–Crippen MR) is 148 cm³/mol. The molecule has 1 unspecified atom stereocenters. The molecule has 1 atom stereocenters. The van der Waals surface area contributed by atoms with Crippen molar-refractivity contribution in [3.63, 3.8) is 0 Å². The molecule has 0 spiro atoms. The predicted octanol–water partition coefficient (Wildman–Crippen LogP) is 5.33. The van der Waals surface area contributed by atoms with Gasteiger partial charge in [0.1, 0.15) is 0 Å². The summed E-state index contributed by atoms with van der Waals surface area (Å²) >= 11 is 6.69. The van der Waals surface area contributed by atoms with E-state index in [2.05, 4.69) is 58.6 Å². The van der Waals surface area contributed by atoms with Gasteiger partial charge in [-0.05, 0) is 60.1 Å². The number of nitrogens with two attached hydrogens (primary N) is 2. The van der Waals surface area contributed by atoms with Gasteiger partial charge in [0.15, 0.2) is 0 Å². The molecule has 198 valence electrons. The molecule has 4 N–H and O–H groups in total. The van der Waals surface area contributed by atoms with Gasteiger partial charge in [-0.3, -0.25) is 9.69 Å². The highest BCUT2D eigenvalue weighted by Crippen LogP contribution is 2.40. The summed E-state index contributed by atoms with van der Waals surface area (Å²) in [5, 5.41) is 2.37. The van der Waals surface area contributed by atoms with Gasteiger partial charge in [-0.2, -0.15) is 0 Å². The first-order chi connectivity index (χ1) is 16.3. The molecule has 0 saturated carbocycles. The zero-order valence-corrected chi connectivity index (χ0v) is 23.8. The summed E-state index contributed by atoms with van der Waals surface area (Å²) in [6.45, 7) is 19.7. The fraction of sp³-hybridized carbons (Fsp3) is 0.679. The number of carbonyl (C=O) groups excluding carboxylic acids is 1. The number of rotatable bonds is 10. The van der Waals surface area contributed by atoms with Crippen LogP contribution >= 0.6 is 11.6 Å². The first-order valence-corrected chi connectivity index (χ1v) is 13.4. The zero-order chi connectivity index (χ0) is 26.4. The molecule has 2 rings (SSSR count). The second-order valence-corrected chi connectivity index (χ2v) is 12.4. The van der Waals surface area contributed by atoms with Gasteiger partial charge in [-0.25, -0.2) is 5.84 Å². The normalized spacial score (nSPS) is 18.5. The Balaban J connectivity index is 2.26. The molecule has 1 saturated heterocycles. The Bertz CT molecular complexity index is 877. The summed E-state index contributed by atoms with van der Waals surface area (Å²) in [6, 6.07) is 6.39. The highest BCUT2D eigenvalue weighted by molar-refractivity contribution is 6.31. The van der Waals surface area contributed by atoms with E-state index in [1.54, 1.807) is 5.01 Å². The molecular formula is C28H48ClN5O. The second-order valence-electron chi connectivity index (χ2n) is 12.0. The minimum absolute atomic E-state index is 0.0264. The largest absolute Gasteiger partial charge is 0.401 e. The van der Waals surface area contributed by atoms with Gasteiger partial charge < -0.3 is 15.6 Å². The van der Waals surface area contributed by atoms with Gasteiger partial charge in [-0.1, -0.05) is 65.3 Å². The van der Waals surface area contributed by atoms with Crippen LogP contribution in [0.3, 0.4) is 0 Å². The van der Waals surface area contributed by atoms with Crippen LogP contribution < -0.4 is 11.6 Å². The van der Waals surface area contributed by atoms with E-state index in [9.17, 15) is 4.79 Å². The highest BCUT2D eigenvalue weighted by Gasteiger charge is 2.33. The van der Waals surface area contributed by atoms with Gasteiger partial charge in [0.05, 0.1) is 6.54 Å². The highest BCUT2D eigenvalue weighted by atomic mass is 35.5. The van der Waals surface area contributed by atoms with Crippen LogP contribution in [0.15, 0.2) is 30.1 Å². The van der Waals surface area contributed by atoms with Crippen molar-refractivity contribution in [2.24, 2.45) is 22.4 Å². The van der Waals surface area contributed by atoms with Crippen molar-refractivity contribution in [2.75, 3.05) is 32.7 Å². The molecule has 35 heavy (non-hydrogen) atoms. The topological polar surface area (TPSA) is 78.8 Å². The van der Waals surface area contributed by atoms with E-state index in [1.807, 2.05) is 24.1 Å². The quantitative estimate of drug-likeness (QED) is 0.332. The van der Waals surface area contributed by atoms with Crippen molar-refractivity contribution < 1.29 is 4.79 Å². The summed E-state index contributed by atoms with van der Waals surface area (Å²) < 4.78 is 0. The van der Waals surface area contributed by atoms with E-state index < -0.39 is 0 Å². The number of allylic oxidation sites excluding steroid dienone is 1. The lowest BCUT2D eigenvalue weighted by Crippen LogP contribution is -2.38. The van der Waals surface area contributed by atoms with Crippen LogP contribution in [-0.4, -0.2) is 53.4 Å². The third kappa shape index (κ3) is 9.00. The Morgan fingerprint density at radius 1 is 1.26 bits per heavy atom. The molecule has 1 amide bonds. The maximum absolute atomic E-state index is 13.0. The standard InChI is InChI=1S/C28H48ClN5O/c1-8-14-33-20-28(6,7)19-32(18-26(33)35)16-22-15-21(10-13-25(22)29)24(27(3,4)5)12-11-23(30)17-34(31)9-2/h10,13,15,17,24H,8-9,11-12,14,16,18-20,30-31H2,1-7H3/b23-17-. The van der Waals surface area contributed by atoms with Crippen molar-refractivity contribution in [1.29, 1.82) is 0 Å². The fourth-order valence-corrected chi connectivity index (χ4v) is 5.32. The molecule has 7 heteroatoms. The molecule has 1 aliphatic rings. The average Bonchev–Trinajstić information content (AvgIpc) is 2.84. The van der Waals surface area contributed by atoms with Crippen LogP contribution in [0, 0.1) is 10.8 Å². The van der Waals surface area contributed by atoms with Gasteiger partial charge in [0.2, 0.25) is 5.91 Å². The number of hydrazine groups is 1. The van der Waals surface area contributed by atoms with Crippen molar-refractivity contribution in [2.45, 2.75) is 80.2 Å². The Kier molecular flexibility index (Phi) is 10.5. The van der Waals surface area contributed by atoms with E-state index in [0.29, 0.717) is 19.0 Å². The first-order valence-electron chi connectivity index (χ1n) is 13.0. The molecule has 0 aromatic heterocycles. The molecule has 1 aromatic rings. The maximum atomic E-state index is 13.0. The van der Waals surface area contributed by atoms with Crippen molar-refractivity contribution in [3.8, 4) is 0 Å². The van der Waals surface area contributed by atoms with E-state index >= 15 is 0 Å². The summed E-state index contributed by atoms with van der Waals surface area (Å²) in [4.78, 5) is 17.2. The molecular weight excluding hydrogens is 458 g/mol. The van der Waals surface area contributed by atoms with E-state index in [4.69, 9.17) is 23.2 Å². The minimum atomic E-state index is 0.0264. The average molecular weight is 506 g/mol. The van der Waals surface area contributed by atoms with Gasteiger partial charge in [0.25, 0.3) is 0 Å². The number of amides is 1. The Labute approximate surface area is 218 Å². The number of hydrogen-bond acceptors (Lipinski definition) is 5. The van der Waals surface area contributed by atoms with Gasteiger partial charge >= 0.3 is 0 Å². The lowest BCUT2D eigenvalue weighted by Gasteiger charge is -2.33. The SMILES string of the molecule is CCCN1CC(C)(C)CN(Cc2cc(C(CC/C(N)=C/N(N)CC)C(C)(C)C)ccc2Cl)CC1=O. The first kappa shape index (κ1) is 29.5. The lowest BCUT2D eigenvalue weighted by molar-refractivity contribution is -0.131. The van der Waals surface area contributed by atoms with Crippen LogP contribution in [0.4, 0.5) is 0 Å². The number of halogens is 1. The van der Waals surface area contributed by atoms with Crippen molar-refractivity contribution in [3.05, 3.63) is 46.2 Å². The summed E-state index contributed by atoms with van der Waals surface area (Å²) in [7, 11) is 0. The van der Waals surface area contributed by atoms with Crippen LogP contribution in [0.25, 0.3) is 0 Å². The maximum Gasteiger partial charge on any atom is 0.236 e. The molecule has 6 nitrogen and oxygen atoms in total. The molecule has 0 aliphatic carbocycles. The summed E-state index contributed by atoms with van der Waals surface area (Å²) in [5.74, 6) is 6.41. The molecule has 1 heterocycles. The summed E-state index contributed by atoms with van der Waals surface area (Å²) in [5.41, 5.74) is 9.47.